The molecule has 132 valence electrons. The summed E-state index contributed by atoms with van der Waals surface area (Å²) in [4.78, 5) is 23.7. The van der Waals surface area contributed by atoms with Gasteiger partial charge in [0.1, 0.15) is 12.2 Å². The van der Waals surface area contributed by atoms with Crippen LogP contribution in [-0.4, -0.2) is 25.5 Å². The lowest BCUT2D eigenvalue weighted by Gasteiger charge is -2.09. The van der Waals surface area contributed by atoms with Gasteiger partial charge in [-0.25, -0.2) is 0 Å². The molecular formula is C20H24N2O3. The number of amides is 2. The Hall–Kier alpha value is -2.82. The van der Waals surface area contributed by atoms with Crippen LogP contribution in [0.25, 0.3) is 0 Å². The number of carbonyl (C=O) groups excluding carboxylic acids is 2. The van der Waals surface area contributed by atoms with Gasteiger partial charge in [-0.3, -0.25) is 9.59 Å². The number of rotatable bonds is 8. The Morgan fingerprint density at radius 2 is 1.76 bits per heavy atom. The van der Waals surface area contributed by atoms with Crippen molar-refractivity contribution < 1.29 is 14.3 Å². The first kappa shape index (κ1) is 18.5. The zero-order chi connectivity index (χ0) is 18.1. The molecule has 2 rings (SSSR count). The van der Waals surface area contributed by atoms with Crippen molar-refractivity contribution in [2.75, 3.05) is 13.7 Å². The molecule has 0 atom stereocenters. The highest BCUT2D eigenvalue weighted by Crippen LogP contribution is 2.12. The fraction of sp³-hybridized carbons (Fsp3) is 0.300. The monoisotopic (exact) mass is 340 g/mol. The molecule has 5 heteroatoms. The molecule has 0 fully saturated rings. The molecule has 25 heavy (non-hydrogen) atoms. The Kier molecular flexibility index (Phi) is 7.01. The molecule has 0 bridgehead atoms. The zero-order valence-electron chi connectivity index (χ0n) is 14.7. The molecule has 0 radical (unpaired) electrons. The fourth-order valence-electron chi connectivity index (χ4n) is 2.45. The zero-order valence-corrected chi connectivity index (χ0v) is 14.7. The second-order valence-corrected chi connectivity index (χ2v) is 5.83. The summed E-state index contributed by atoms with van der Waals surface area (Å²) in [7, 11) is 1.62. The molecule has 2 amide bonds. The first-order chi connectivity index (χ1) is 12.1. The summed E-state index contributed by atoms with van der Waals surface area (Å²) in [6.45, 7) is 2.91. The van der Waals surface area contributed by atoms with Gasteiger partial charge in [-0.15, -0.1) is 0 Å². The predicted molar refractivity (Wildman–Crippen MR) is 97.4 cm³/mol. The summed E-state index contributed by atoms with van der Waals surface area (Å²) in [5.74, 6) is 0.242. The second kappa shape index (κ2) is 9.47. The molecule has 5 nitrogen and oxygen atoms in total. The number of nitrogens with one attached hydrogen (secondary N) is 2. The van der Waals surface area contributed by atoms with Gasteiger partial charge in [0, 0.05) is 13.1 Å². The van der Waals surface area contributed by atoms with Gasteiger partial charge in [0.05, 0.1) is 7.11 Å². The minimum atomic E-state index is -0.276. The normalized spacial score (nSPS) is 10.2. The van der Waals surface area contributed by atoms with E-state index in [1.807, 2.05) is 55.5 Å². The van der Waals surface area contributed by atoms with E-state index >= 15 is 0 Å². The predicted octanol–water partition coefficient (Wildman–Crippen LogP) is 2.37. The maximum absolute atomic E-state index is 11.9. The molecule has 0 aromatic heterocycles. The van der Waals surface area contributed by atoms with Gasteiger partial charge in [-0.1, -0.05) is 36.4 Å². The smallest absolute Gasteiger partial charge is 0.229 e. The van der Waals surface area contributed by atoms with E-state index in [-0.39, 0.29) is 18.2 Å². The molecule has 2 aromatic carbocycles. The summed E-state index contributed by atoms with van der Waals surface area (Å²) in [6.07, 6.45) is 0.526. The van der Waals surface area contributed by atoms with Gasteiger partial charge in [0.25, 0.3) is 0 Å². The Bertz CT molecular complexity index is 728. The van der Waals surface area contributed by atoms with Crippen LogP contribution in [0.1, 0.15) is 23.1 Å². The van der Waals surface area contributed by atoms with Crippen molar-refractivity contribution in [1.82, 2.24) is 10.6 Å². The third-order valence-electron chi connectivity index (χ3n) is 3.93. The number of benzene rings is 2. The topological polar surface area (TPSA) is 67.4 Å². The number of ether oxygens (including phenoxy) is 1. The van der Waals surface area contributed by atoms with Crippen LogP contribution >= 0.6 is 0 Å². The van der Waals surface area contributed by atoms with Gasteiger partial charge in [0.2, 0.25) is 11.8 Å². The molecule has 0 heterocycles. The lowest BCUT2D eigenvalue weighted by Crippen LogP contribution is -2.32. The molecule has 0 spiro atoms. The molecule has 0 aliphatic heterocycles. The van der Waals surface area contributed by atoms with E-state index in [2.05, 4.69) is 10.6 Å². The van der Waals surface area contributed by atoms with Crippen LogP contribution in [-0.2, 0) is 22.6 Å². The molecule has 0 saturated carbocycles. The van der Waals surface area contributed by atoms with Crippen molar-refractivity contribution in [2.45, 2.75) is 26.3 Å². The van der Waals surface area contributed by atoms with Crippen molar-refractivity contribution in [3.63, 3.8) is 0 Å². The third kappa shape index (κ3) is 6.30. The SMILES string of the molecule is COc1cccc(CCNC(=O)CC(=O)NCc2ccccc2C)c1. The highest BCUT2D eigenvalue weighted by Gasteiger charge is 2.09. The van der Waals surface area contributed by atoms with Crippen LogP contribution in [0.5, 0.6) is 5.75 Å². The molecular weight excluding hydrogens is 316 g/mol. The van der Waals surface area contributed by atoms with E-state index in [0.29, 0.717) is 19.5 Å². The summed E-state index contributed by atoms with van der Waals surface area (Å²) in [5, 5.41) is 5.55. The van der Waals surface area contributed by atoms with Crippen LogP contribution in [0.2, 0.25) is 0 Å². The van der Waals surface area contributed by atoms with E-state index in [1.165, 1.54) is 0 Å². The Labute approximate surface area is 148 Å². The van der Waals surface area contributed by atoms with Gasteiger partial charge < -0.3 is 15.4 Å². The van der Waals surface area contributed by atoms with Crippen molar-refractivity contribution in [3.05, 3.63) is 65.2 Å². The van der Waals surface area contributed by atoms with Gasteiger partial charge in [-0.2, -0.15) is 0 Å². The van der Waals surface area contributed by atoms with Crippen LogP contribution in [0.4, 0.5) is 0 Å². The Morgan fingerprint density at radius 3 is 2.52 bits per heavy atom. The maximum atomic E-state index is 11.9. The van der Waals surface area contributed by atoms with Crippen LogP contribution in [0.15, 0.2) is 48.5 Å². The van der Waals surface area contributed by atoms with Crippen molar-refractivity contribution in [1.29, 1.82) is 0 Å². The third-order valence-corrected chi connectivity index (χ3v) is 3.93. The average molecular weight is 340 g/mol. The van der Waals surface area contributed by atoms with Crippen molar-refractivity contribution >= 4 is 11.8 Å². The summed E-state index contributed by atoms with van der Waals surface area (Å²) < 4.78 is 5.17. The first-order valence-corrected chi connectivity index (χ1v) is 8.29. The maximum Gasteiger partial charge on any atom is 0.229 e. The van der Waals surface area contributed by atoms with Crippen molar-refractivity contribution in [2.24, 2.45) is 0 Å². The highest BCUT2D eigenvalue weighted by atomic mass is 16.5. The van der Waals surface area contributed by atoms with Crippen LogP contribution in [0, 0.1) is 6.92 Å². The van der Waals surface area contributed by atoms with E-state index in [9.17, 15) is 9.59 Å². The number of carbonyl (C=O) groups is 2. The Morgan fingerprint density at radius 1 is 1.00 bits per heavy atom. The van der Waals surface area contributed by atoms with Crippen LogP contribution in [0.3, 0.4) is 0 Å². The number of aryl methyl sites for hydroxylation is 1. The number of hydrogen-bond donors (Lipinski definition) is 2. The molecule has 0 saturated heterocycles. The Balaban J connectivity index is 1.69. The number of hydrogen-bond acceptors (Lipinski definition) is 3. The summed E-state index contributed by atoms with van der Waals surface area (Å²) in [6, 6.07) is 15.5. The lowest BCUT2D eigenvalue weighted by molar-refractivity contribution is -0.129. The minimum Gasteiger partial charge on any atom is -0.497 e. The van der Waals surface area contributed by atoms with Crippen LogP contribution < -0.4 is 15.4 Å². The van der Waals surface area contributed by atoms with E-state index in [4.69, 9.17) is 4.74 Å². The molecule has 0 aliphatic rings. The quantitative estimate of drug-likeness (QED) is 0.725. The fourth-order valence-corrected chi connectivity index (χ4v) is 2.45. The second-order valence-electron chi connectivity index (χ2n) is 5.83. The first-order valence-electron chi connectivity index (χ1n) is 8.29. The van der Waals surface area contributed by atoms with Gasteiger partial charge >= 0.3 is 0 Å². The molecule has 2 N–H and O–H groups in total. The minimum absolute atomic E-state index is 0.163. The van der Waals surface area contributed by atoms with E-state index < -0.39 is 0 Å². The average Bonchev–Trinajstić information content (AvgIpc) is 2.61. The lowest BCUT2D eigenvalue weighted by atomic mass is 10.1. The molecule has 0 unspecified atom stereocenters. The molecule has 2 aromatic rings. The standard InChI is InChI=1S/C20H24N2O3/c1-15-6-3-4-8-17(15)14-22-20(24)13-19(23)21-11-10-16-7-5-9-18(12-16)25-2/h3-9,12H,10-11,13-14H2,1-2H3,(H,21,23)(H,22,24). The largest absolute Gasteiger partial charge is 0.497 e. The van der Waals surface area contributed by atoms with E-state index in [1.54, 1.807) is 7.11 Å². The highest BCUT2D eigenvalue weighted by molar-refractivity contribution is 5.96. The van der Waals surface area contributed by atoms with Gasteiger partial charge in [0.15, 0.2) is 0 Å². The molecule has 0 aliphatic carbocycles. The van der Waals surface area contributed by atoms with E-state index in [0.717, 1.165) is 22.4 Å². The van der Waals surface area contributed by atoms with Gasteiger partial charge in [-0.05, 0) is 42.2 Å². The number of methoxy groups -OCH3 is 1. The summed E-state index contributed by atoms with van der Waals surface area (Å²) in [5.41, 5.74) is 3.24. The van der Waals surface area contributed by atoms with Crippen molar-refractivity contribution in [3.8, 4) is 5.75 Å². The summed E-state index contributed by atoms with van der Waals surface area (Å²) >= 11 is 0.